The van der Waals surface area contributed by atoms with Crippen molar-refractivity contribution in [3.05, 3.63) is 17.8 Å². The summed E-state index contributed by atoms with van der Waals surface area (Å²) in [6.45, 7) is 5.70. The van der Waals surface area contributed by atoms with Gasteiger partial charge in [-0.1, -0.05) is 6.92 Å². The van der Waals surface area contributed by atoms with Crippen molar-refractivity contribution >= 4 is 5.82 Å². The molecule has 0 aromatic carbocycles. The number of nitrogens with zero attached hydrogens (tertiary/aromatic N) is 2. The Morgan fingerprint density at radius 1 is 1.58 bits per heavy atom. The zero-order valence-electron chi connectivity index (χ0n) is 11.4. The minimum atomic E-state index is -0.374. The first-order valence-electron chi connectivity index (χ1n) is 6.66. The van der Waals surface area contributed by atoms with Crippen LogP contribution in [0.1, 0.15) is 26.0 Å². The summed E-state index contributed by atoms with van der Waals surface area (Å²) < 4.78 is 24.8. The van der Waals surface area contributed by atoms with Crippen molar-refractivity contribution in [1.29, 1.82) is 0 Å². The van der Waals surface area contributed by atoms with Crippen LogP contribution in [0.2, 0.25) is 0 Å². The van der Waals surface area contributed by atoms with Crippen molar-refractivity contribution < 1.29 is 13.9 Å². The van der Waals surface area contributed by atoms with E-state index in [-0.39, 0.29) is 23.8 Å². The van der Waals surface area contributed by atoms with Crippen molar-refractivity contribution in [2.75, 3.05) is 25.1 Å². The second-order valence-corrected chi connectivity index (χ2v) is 4.70. The Labute approximate surface area is 112 Å². The summed E-state index contributed by atoms with van der Waals surface area (Å²) in [5.41, 5.74) is 0.426. The van der Waals surface area contributed by atoms with Crippen LogP contribution in [0.25, 0.3) is 0 Å². The molecule has 1 aliphatic rings. The predicted molar refractivity (Wildman–Crippen MR) is 69.6 cm³/mol. The Bertz CT molecular complexity index is 411. The molecule has 0 radical (unpaired) electrons. The molecular weight excluding hydrogens is 249 g/mol. The highest BCUT2D eigenvalue weighted by Crippen LogP contribution is 2.15. The normalized spacial score (nSPS) is 20.5. The molecule has 6 heteroatoms. The van der Waals surface area contributed by atoms with Gasteiger partial charge in [0.15, 0.2) is 11.6 Å². The van der Waals surface area contributed by atoms with E-state index in [0.717, 1.165) is 13.0 Å². The Morgan fingerprint density at radius 2 is 2.42 bits per heavy atom. The monoisotopic (exact) mass is 269 g/mol. The van der Waals surface area contributed by atoms with Gasteiger partial charge in [-0.25, -0.2) is 14.4 Å². The summed E-state index contributed by atoms with van der Waals surface area (Å²) in [6.07, 6.45) is 3.01. The fraction of sp³-hybridized carbons (Fsp3) is 0.692. The fourth-order valence-corrected chi connectivity index (χ4v) is 1.95. The van der Waals surface area contributed by atoms with Gasteiger partial charge in [0, 0.05) is 12.6 Å². The van der Waals surface area contributed by atoms with Crippen molar-refractivity contribution in [3.8, 4) is 0 Å². The van der Waals surface area contributed by atoms with Crippen LogP contribution in [-0.4, -0.2) is 41.9 Å². The zero-order chi connectivity index (χ0) is 13.7. The van der Waals surface area contributed by atoms with Crippen molar-refractivity contribution in [2.45, 2.75) is 38.8 Å². The molecule has 2 rings (SSSR count). The van der Waals surface area contributed by atoms with E-state index in [0.29, 0.717) is 25.3 Å². The summed E-state index contributed by atoms with van der Waals surface area (Å²) >= 11 is 0. The van der Waals surface area contributed by atoms with Crippen LogP contribution in [0, 0.1) is 5.82 Å². The number of hydrogen-bond donors (Lipinski definition) is 1. The van der Waals surface area contributed by atoms with Crippen LogP contribution in [0.5, 0.6) is 0 Å². The number of aryl methyl sites for hydroxylation is 1. The molecule has 1 saturated heterocycles. The molecule has 1 fully saturated rings. The maximum Gasteiger partial charge on any atom is 0.186 e. The van der Waals surface area contributed by atoms with Crippen molar-refractivity contribution in [2.24, 2.45) is 0 Å². The SMILES string of the molecule is CCc1ncnc(N[C@H](C)CO[C@@H]2CCOC2)c1F. The molecule has 0 saturated carbocycles. The number of anilines is 1. The third-order valence-electron chi connectivity index (χ3n) is 3.05. The molecule has 0 amide bonds. The summed E-state index contributed by atoms with van der Waals surface area (Å²) in [4.78, 5) is 7.83. The third kappa shape index (κ3) is 3.84. The van der Waals surface area contributed by atoms with Gasteiger partial charge in [0.05, 0.1) is 25.0 Å². The molecule has 0 spiro atoms. The number of aromatic nitrogens is 2. The molecule has 1 aromatic rings. The highest BCUT2D eigenvalue weighted by molar-refractivity contribution is 5.38. The number of rotatable bonds is 6. The Balaban J connectivity index is 1.85. The molecule has 2 heterocycles. The lowest BCUT2D eigenvalue weighted by Crippen LogP contribution is -2.27. The van der Waals surface area contributed by atoms with Gasteiger partial charge in [0.1, 0.15) is 6.33 Å². The molecule has 1 aliphatic heterocycles. The highest BCUT2D eigenvalue weighted by atomic mass is 19.1. The molecule has 1 N–H and O–H groups in total. The maximum atomic E-state index is 13.9. The standard InChI is InChI=1S/C13H20FN3O2/c1-3-11-12(14)13(16-8-15-11)17-9(2)6-19-10-4-5-18-7-10/h8-10H,3-7H2,1-2H3,(H,15,16,17)/t9-,10-/m1/s1. The molecule has 0 unspecified atom stereocenters. The van der Waals surface area contributed by atoms with Gasteiger partial charge < -0.3 is 14.8 Å². The van der Waals surface area contributed by atoms with Crippen LogP contribution in [0.3, 0.4) is 0 Å². The zero-order valence-corrected chi connectivity index (χ0v) is 11.4. The lowest BCUT2D eigenvalue weighted by atomic mass is 10.3. The lowest BCUT2D eigenvalue weighted by Gasteiger charge is -2.18. The Morgan fingerprint density at radius 3 is 3.11 bits per heavy atom. The Kier molecular flexibility index (Phi) is 5.04. The molecule has 0 bridgehead atoms. The van der Waals surface area contributed by atoms with Crippen LogP contribution >= 0.6 is 0 Å². The Hall–Kier alpha value is -1.27. The van der Waals surface area contributed by atoms with Gasteiger partial charge in [-0.3, -0.25) is 0 Å². The van der Waals surface area contributed by atoms with Crippen LogP contribution in [0.15, 0.2) is 6.33 Å². The van der Waals surface area contributed by atoms with Crippen LogP contribution < -0.4 is 5.32 Å². The topological polar surface area (TPSA) is 56.3 Å². The average molecular weight is 269 g/mol. The first kappa shape index (κ1) is 14.1. The second kappa shape index (κ2) is 6.77. The molecule has 5 nitrogen and oxygen atoms in total. The summed E-state index contributed by atoms with van der Waals surface area (Å²) in [5.74, 6) is -0.133. The van der Waals surface area contributed by atoms with Crippen LogP contribution in [0.4, 0.5) is 10.2 Å². The van der Waals surface area contributed by atoms with Gasteiger partial charge >= 0.3 is 0 Å². The molecule has 2 atom stereocenters. The summed E-state index contributed by atoms with van der Waals surface area (Å²) in [6, 6.07) is -0.0188. The molecular formula is C13H20FN3O2. The highest BCUT2D eigenvalue weighted by Gasteiger charge is 2.18. The van der Waals surface area contributed by atoms with E-state index in [4.69, 9.17) is 9.47 Å². The summed E-state index contributed by atoms with van der Waals surface area (Å²) in [7, 11) is 0. The third-order valence-corrected chi connectivity index (χ3v) is 3.05. The van der Waals surface area contributed by atoms with Gasteiger partial charge in [0.2, 0.25) is 0 Å². The van der Waals surface area contributed by atoms with E-state index in [1.165, 1.54) is 6.33 Å². The second-order valence-electron chi connectivity index (χ2n) is 4.70. The molecule has 0 aliphatic carbocycles. The first-order valence-corrected chi connectivity index (χ1v) is 6.66. The largest absolute Gasteiger partial charge is 0.379 e. The average Bonchev–Trinajstić information content (AvgIpc) is 2.92. The van der Waals surface area contributed by atoms with E-state index < -0.39 is 0 Å². The predicted octanol–water partition coefficient (Wildman–Crippen LogP) is 1.78. The number of ether oxygens (including phenoxy) is 2. The van der Waals surface area contributed by atoms with Crippen molar-refractivity contribution in [3.63, 3.8) is 0 Å². The van der Waals surface area contributed by atoms with E-state index in [9.17, 15) is 4.39 Å². The lowest BCUT2D eigenvalue weighted by molar-refractivity contribution is 0.0394. The minimum Gasteiger partial charge on any atom is -0.379 e. The van der Waals surface area contributed by atoms with Gasteiger partial charge in [-0.15, -0.1) is 0 Å². The first-order chi connectivity index (χ1) is 9.20. The quantitative estimate of drug-likeness (QED) is 0.853. The molecule has 1 aromatic heterocycles. The number of halogens is 1. The van der Waals surface area contributed by atoms with E-state index in [2.05, 4.69) is 15.3 Å². The fourth-order valence-electron chi connectivity index (χ4n) is 1.95. The maximum absolute atomic E-state index is 13.9. The minimum absolute atomic E-state index is 0.0188. The number of nitrogens with one attached hydrogen (secondary N) is 1. The van der Waals surface area contributed by atoms with Gasteiger partial charge in [0.25, 0.3) is 0 Å². The van der Waals surface area contributed by atoms with E-state index >= 15 is 0 Å². The van der Waals surface area contributed by atoms with Gasteiger partial charge in [-0.2, -0.15) is 0 Å². The van der Waals surface area contributed by atoms with E-state index in [1.54, 1.807) is 0 Å². The van der Waals surface area contributed by atoms with Crippen molar-refractivity contribution in [1.82, 2.24) is 9.97 Å². The van der Waals surface area contributed by atoms with Crippen LogP contribution in [-0.2, 0) is 15.9 Å². The van der Waals surface area contributed by atoms with E-state index in [1.807, 2.05) is 13.8 Å². The summed E-state index contributed by atoms with van der Waals surface area (Å²) in [5, 5.41) is 3.02. The molecule has 106 valence electrons. The smallest absolute Gasteiger partial charge is 0.186 e. The molecule has 19 heavy (non-hydrogen) atoms. The van der Waals surface area contributed by atoms with Gasteiger partial charge in [-0.05, 0) is 19.8 Å². The number of hydrogen-bond acceptors (Lipinski definition) is 5.